The van der Waals surface area contributed by atoms with Crippen LogP contribution in [0.2, 0.25) is 0 Å². The van der Waals surface area contributed by atoms with E-state index in [4.69, 9.17) is 0 Å². The Hall–Kier alpha value is -2.10. The molecule has 1 amide bonds. The van der Waals surface area contributed by atoms with Crippen LogP contribution < -0.4 is 4.90 Å². The number of amides is 1. The van der Waals surface area contributed by atoms with Gasteiger partial charge in [-0.3, -0.25) is 9.48 Å². The number of likely N-dealkylation sites (N-methyl/N-ethyl adjacent to an activating group) is 1. The standard InChI is InChI=1S/C21H31N3O/c1-8-23(20-10-9-15(4)11-16(20)5)21(25)12-19-17(6)22-24(18(19)7)13-14(2)3/h9-11,14H,8,12-13H2,1-7H3. The van der Waals surface area contributed by atoms with E-state index in [0.717, 1.165) is 34.7 Å². The van der Waals surface area contributed by atoms with Crippen LogP contribution in [-0.2, 0) is 17.8 Å². The van der Waals surface area contributed by atoms with Gasteiger partial charge in [-0.1, -0.05) is 31.5 Å². The lowest BCUT2D eigenvalue weighted by molar-refractivity contribution is -0.118. The van der Waals surface area contributed by atoms with Crippen molar-refractivity contribution < 1.29 is 4.79 Å². The number of nitrogens with zero attached hydrogens (tertiary/aromatic N) is 3. The number of rotatable bonds is 6. The van der Waals surface area contributed by atoms with Crippen molar-refractivity contribution >= 4 is 11.6 Å². The zero-order chi connectivity index (χ0) is 18.7. The summed E-state index contributed by atoms with van der Waals surface area (Å²) in [6, 6.07) is 6.24. The van der Waals surface area contributed by atoms with Gasteiger partial charge in [0.1, 0.15) is 0 Å². The highest BCUT2D eigenvalue weighted by Crippen LogP contribution is 2.23. The molecule has 136 valence electrons. The summed E-state index contributed by atoms with van der Waals surface area (Å²) in [6.07, 6.45) is 0.400. The molecule has 0 bridgehead atoms. The second-order valence-electron chi connectivity index (χ2n) is 7.33. The van der Waals surface area contributed by atoms with E-state index in [-0.39, 0.29) is 5.91 Å². The summed E-state index contributed by atoms with van der Waals surface area (Å²) in [7, 11) is 0. The fraction of sp³-hybridized carbons (Fsp3) is 0.524. The second-order valence-corrected chi connectivity index (χ2v) is 7.33. The molecule has 25 heavy (non-hydrogen) atoms. The molecule has 0 radical (unpaired) electrons. The molecule has 0 aliphatic heterocycles. The van der Waals surface area contributed by atoms with Gasteiger partial charge in [0.05, 0.1) is 12.1 Å². The lowest BCUT2D eigenvalue weighted by atomic mass is 10.1. The largest absolute Gasteiger partial charge is 0.312 e. The van der Waals surface area contributed by atoms with Crippen LogP contribution in [0.5, 0.6) is 0 Å². The molecule has 2 aromatic rings. The van der Waals surface area contributed by atoms with Crippen molar-refractivity contribution in [2.24, 2.45) is 5.92 Å². The summed E-state index contributed by atoms with van der Waals surface area (Å²) in [6.45, 7) is 16.1. The Morgan fingerprint density at radius 3 is 2.44 bits per heavy atom. The van der Waals surface area contributed by atoms with Gasteiger partial charge < -0.3 is 4.90 Å². The van der Waals surface area contributed by atoms with Crippen LogP contribution in [0.25, 0.3) is 0 Å². The monoisotopic (exact) mass is 341 g/mol. The molecule has 0 spiro atoms. The Kier molecular flexibility index (Phi) is 6.04. The second kappa shape index (κ2) is 7.85. The third-order valence-corrected chi connectivity index (χ3v) is 4.66. The molecule has 0 aliphatic carbocycles. The summed E-state index contributed by atoms with van der Waals surface area (Å²) in [5, 5.41) is 4.64. The number of aromatic nitrogens is 2. The molecule has 0 fully saturated rings. The highest BCUT2D eigenvalue weighted by molar-refractivity contribution is 5.95. The minimum atomic E-state index is 0.129. The predicted octanol–water partition coefficient (Wildman–Crippen LogP) is 4.37. The number of aryl methyl sites for hydroxylation is 3. The van der Waals surface area contributed by atoms with Crippen LogP contribution in [0.3, 0.4) is 0 Å². The van der Waals surface area contributed by atoms with Crippen molar-refractivity contribution in [1.29, 1.82) is 0 Å². The van der Waals surface area contributed by atoms with Gasteiger partial charge in [0.25, 0.3) is 0 Å². The number of hydrogen-bond acceptors (Lipinski definition) is 2. The molecule has 0 saturated carbocycles. The van der Waals surface area contributed by atoms with E-state index in [9.17, 15) is 4.79 Å². The maximum absolute atomic E-state index is 13.0. The van der Waals surface area contributed by atoms with Gasteiger partial charge in [0.2, 0.25) is 5.91 Å². The normalized spacial score (nSPS) is 11.2. The third kappa shape index (κ3) is 4.30. The zero-order valence-corrected chi connectivity index (χ0v) is 16.7. The Morgan fingerprint density at radius 1 is 1.20 bits per heavy atom. The number of carbonyl (C=O) groups excluding carboxylic acids is 1. The maximum atomic E-state index is 13.0. The number of hydrogen-bond donors (Lipinski definition) is 0. The molecule has 1 aromatic heterocycles. The minimum Gasteiger partial charge on any atom is -0.312 e. The summed E-state index contributed by atoms with van der Waals surface area (Å²) < 4.78 is 2.04. The summed E-state index contributed by atoms with van der Waals surface area (Å²) in [5.74, 6) is 0.661. The molecule has 0 saturated heterocycles. The van der Waals surface area contributed by atoms with Crippen LogP contribution in [0, 0.1) is 33.6 Å². The van der Waals surface area contributed by atoms with Crippen LogP contribution in [0.4, 0.5) is 5.69 Å². The van der Waals surface area contributed by atoms with Gasteiger partial charge in [-0.15, -0.1) is 0 Å². The van der Waals surface area contributed by atoms with E-state index in [2.05, 4.69) is 51.9 Å². The molecule has 4 heteroatoms. The van der Waals surface area contributed by atoms with Crippen molar-refractivity contribution in [2.75, 3.05) is 11.4 Å². The summed E-state index contributed by atoms with van der Waals surface area (Å²) in [4.78, 5) is 14.9. The lowest BCUT2D eigenvalue weighted by Gasteiger charge is -2.23. The van der Waals surface area contributed by atoms with Gasteiger partial charge in [0.15, 0.2) is 0 Å². The first-order valence-corrected chi connectivity index (χ1v) is 9.15. The number of carbonyl (C=O) groups is 1. The average molecular weight is 341 g/mol. The van der Waals surface area contributed by atoms with Crippen LogP contribution in [0.1, 0.15) is 48.8 Å². The predicted molar refractivity (Wildman–Crippen MR) is 104 cm³/mol. The Bertz CT molecular complexity index is 759. The smallest absolute Gasteiger partial charge is 0.231 e. The SMILES string of the molecule is CCN(C(=O)Cc1c(C)nn(CC(C)C)c1C)c1ccc(C)cc1C. The molecular weight excluding hydrogens is 310 g/mol. The molecule has 0 atom stereocenters. The average Bonchev–Trinajstić information content (AvgIpc) is 2.77. The molecule has 1 aromatic carbocycles. The summed E-state index contributed by atoms with van der Waals surface area (Å²) in [5.41, 5.74) is 6.49. The van der Waals surface area contributed by atoms with Crippen LogP contribution in [-0.4, -0.2) is 22.2 Å². The van der Waals surface area contributed by atoms with E-state index in [1.807, 2.05) is 29.5 Å². The van der Waals surface area contributed by atoms with Gasteiger partial charge in [-0.05, 0) is 52.2 Å². The molecule has 0 unspecified atom stereocenters. The summed E-state index contributed by atoms with van der Waals surface area (Å²) >= 11 is 0. The zero-order valence-electron chi connectivity index (χ0n) is 16.7. The van der Waals surface area contributed by atoms with Gasteiger partial charge in [-0.2, -0.15) is 5.10 Å². The molecular formula is C21H31N3O. The fourth-order valence-corrected chi connectivity index (χ4v) is 3.35. The first-order chi connectivity index (χ1) is 11.7. The fourth-order valence-electron chi connectivity index (χ4n) is 3.35. The molecule has 2 rings (SSSR count). The molecule has 0 N–H and O–H groups in total. The number of anilines is 1. The van der Waals surface area contributed by atoms with Crippen molar-refractivity contribution in [2.45, 2.75) is 61.4 Å². The maximum Gasteiger partial charge on any atom is 0.231 e. The third-order valence-electron chi connectivity index (χ3n) is 4.66. The van der Waals surface area contributed by atoms with Crippen LogP contribution in [0.15, 0.2) is 18.2 Å². The van der Waals surface area contributed by atoms with E-state index in [1.165, 1.54) is 5.56 Å². The quantitative estimate of drug-likeness (QED) is 0.782. The molecule has 1 heterocycles. The van der Waals surface area contributed by atoms with E-state index in [0.29, 0.717) is 18.9 Å². The topological polar surface area (TPSA) is 38.1 Å². The number of benzene rings is 1. The molecule has 0 aliphatic rings. The first-order valence-electron chi connectivity index (χ1n) is 9.15. The Morgan fingerprint density at radius 2 is 1.88 bits per heavy atom. The van der Waals surface area contributed by atoms with Crippen molar-refractivity contribution in [1.82, 2.24) is 9.78 Å². The van der Waals surface area contributed by atoms with Gasteiger partial charge in [-0.25, -0.2) is 0 Å². The van der Waals surface area contributed by atoms with Crippen molar-refractivity contribution in [3.05, 3.63) is 46.3 Å². The van der Waals surface area contributed by atoms with E-state index < -0.39 is 0 Å². The highest BCUT2D eigenvalue weighted by Gasteiger charge is 2.21. The minimum absolute atomic E-state index is 0.129. The highest BCUT2D eigenvalue weighted by atomic mass is 16.2. The Balaban J connectivity index is 2.27. The molecule has 4 nitrogen and oxygen atoms in total. The van der Waals surface area contributed by atoms with Crippen molar-refractivity contribution in [3.63, 3.8) is 0 Å². The van der Waals surface area contributed by atoms with E-state index >= 15 is 0 Å². The van der Waals surface area contributed by atoms with Crippen molar-refractivity contribution in [3.8, 4) is 0 Å². The first kappa shape index (κ1) is 19.2. The van der Waals surface area contributed by atoms with Gasteiger partial charge >= 0.3 is 0 Å². The van der Waals surface area contributed by atoms with Gasteiger partial charge in [0, 0.05) is 30.0 Å². The van der Waals surface area contributed by atoms with E-state index in [1.54, 1.807) is 0 Å². The lowest BCUT2D eigenvalue weighted by Crippen LogP contribution is -2.32. The van der Waals surface area contributed by atoms with Crippen LogP contribution >= 0.6 is 0 Å². The Labute approximate surface area is 151 Å².